The lowest BCUT2D eigenvalue weighted by atomic mass is 9.98. The molecule has 0 spiro atoms. The molecule has 140 valence electrons. The summed E-state index contributed by atoms with van der Waals surface area (Å²) in [5, 5.41) is 4.46. The van der Waals surface area contributed by atoms with Crippen LogP contribution >= 0.6 is 0 Å². The third kappa shape index (κ3) is 5.06. The Morgan fingerprint density at radius 3 is 2.44 bits per heavy atom. The fourth-order valence-corrected chi connectivity index (χ4v) is 4.33. The van der Waals surface area contributed by atoms with E-state index >= 15 is 0 Å². The smallest absolute Gasteiger partial charge is 0.226 e. The predicted molar refractivity (Wildman–Crippen MR) is 100 cm³/mol. The van der Waals surface area contributed by atoms with Gasteiger partial charge >= 0.3 is 0 Å². The Morgan fingerprint density at radius 1 is 1.16 bits per heavy atom. The molecular weight excluding hydrogens is 312 g/mol. The minimum atomic E-state index is 0.232. The highest BCUT2D eigenvalue weighted by Gasteiger charge is 2.26. The van der Waals surface area contributed by atoms with Crippen LogP contribution in [-0.4, -0.2) is 51.7 Å². The molecule has 0 bridgehead atoms. The lowest BCUT2D eigenvalue weighted by Gasteiger charge is -2.29. The second-order valence-electron chi connectivity index (χ2n) is 7.90. The zero-order valence-corrected chi connectivity index (χ0v) is 16.0. The molecule has 1 saturated carbocycles. The van der Waals surface area contributed by atoms with Gasteiger partial charge in [0.15, 0.2) is 0 Å². The molecule has 2 heterocycles. The van der Waals surface area contributed by atoms with E-state index in [2.05, 4.69) is 21.0 Å². The summed E-state index contributed by atoms with van der Waals surface area (Å²) in [7, 11) is 1.98. The SMILES string of the molecule is Cc1cc(CN(CCN2CCCC2)C(=O)C2CCCCCC2)n(C)n1. The van der Waals surface area contributed by atoms with Crippen LogP contribution in [0.25, 0.3) is 0 Å². The Morgan fingerprint density at radius 2 is 1.84 bits per heavy atom. The molecule has 1 saturated heterocycles. The minimum Gasteiger partial charge on any atom is -0.335 e. The number of likely N-dealkylation sites (tertiary alicyclic amines) is 1. The third-order valence-corrected chi connectivity index (χ3v) is 5.85. The molecule has 0 N–H and O–H groups in total. The molecule has 2 fully saturated rings. The van der Waals surface area contributed by atoms with Crippen molar-refractivity contribution in [3.8, 4) is 0 Å². The lowest BCUT2D eigenvalue weighted by Crippen LogP contribution is -2.41. The summed E-state index contributed by atoms with van der Waals surface area (Å²) in [5.74, 6) is 0.607. The van der Waals surface area contributed by atoms with Crippen molar-refractivity contribution in [1.82, 2.24) is 19.6 Å². The number of hydrogen-bond donors (Lipinski definition) is 0. The van der Waals surface area contributed by atoms with Gasteiger partial charge in [-0.05, 0) is 51.8 Å². The molecule has 1 aliphatic heterocycles. The molecule has 2 aliphatic rings. The van der Waals surface area contributed by atoms with E-state index in [0.717, 1.165) is 37.3 Å². The molecule has 0 radical (unpaired) electrons. The van der Waals surface area contributed by atoms with Crippen molar-refractivity contribution in [2.45, 2.75) is 64.8 Å². The number of rotatable bonds is 6. The molecule has 0 atom stereocenters. The molecule has 3 rings (SSSR count). The predicted octanol–water partition coefficient (Wildman–Crippen LogP) is 3.12. The van der Waals surface area contributed by atoms with Crippen molar-refractivity contribution in [2.24, 2.45) is 13.0 Å². The monoisotopic (exact) mass is 346 g/mol. The molecule has 25 heavy (non-hydrogen) atoms. The van der Waals surface area contributed by atoms with Crippen LogP contribution < -0.4 is 0 Å². The van der Waals surface area contributed by atoms with Gasteiger partial charge in [-0.2, -0.15) is 5.10 Å². The summed E-state index contributed by atoms with van der Waals surface area (Å²) in [6.45, 7) is 6.95. The van der Waals surface area contributed by atoms with Crippen LogP contribution in [0.4, 0.5) is 0 Å². The zero-order chi connectivity index (χ0) is 17.6. The quantitative estimate of drug-likeness (QED) is 0.743. The van der Waals surface area contributed by atoms with Crippen LogP contribution in [0.15, 0.2) is 6.07 Å². The van der Waals surface area contributed by atoms with Crippen molar-refractivity contribution >= 4 is 5.91 Å². The van der Waals surface area contributed by atoms with E-state index < -0.39 is 0 Å². The van der Waals surface area contributed by atoms with Gasteiger partial charge in [-0.15, -0.1) is 0 Å². The fraction of sp³-hybridized carbons (Fsp3) is 0.800. The van der Waals surface area contributed by atoms with Crippen molar-refractivity contribution in [3.05, 3.63) is 17.5 Å². The number of aryl methyl sites for hydroxylation is 2. The Hall–Kier alpha value is -1.36. The first-order valence-corrected chi connectivity index (χ1v) is 10.1. The first-order chi connectivity index (χ1) is 12.1. The first-order valence-electron chi connectivity index (χ1n) is 10.1. The maximum absolute atomic E-state index is 13.3. The number of carbonyl (C=O) groups excluding carboxylic acids is 1. The van der Waals surface area contributed by atoms with E-state index in [9.17, 15) is 4.79 Å². The van der Waals surface area contributed by atoms with Crippen molar-refractivity contribution in [3.63, 3.8) is 0 Å². The van der Waals surface area contributed by atoms with Gasteiger partial charge < -0.3 is 9.80 Å². The number of amides is 1. The van der Waals surface area contributed by atoms with E-state index in [1.807, 2.05) is 18.7 Å². The zero-order valence-electron chi connectivity index (χ0n) is 16.0. The van der Waals surface area contributed by atoms with Gasteiger partial charge in [0.05, 0.1) is 17.9 Å². The highest BCUT2D eigenvalue weighted by Crippen LogP contribution is 2.25. The van der Waals surface area contributed by atoms with Gasteiger partial charge in [0, 0.05) is 26.1 Å². The summed E-state index contributed by atoms with van der Waals surface area (Å²) >= 11 is 0. The highest BCUT2D eigenvalue weighted by molar-refractivity contribution is 5.78. The standard InChI is InChI=1S/C20H34N4O/c1-17-15-19(22(2)21-17)16-24(14-13-23-11-7-8-12-23)20(25)18-9-5-3-4-6-10-18/h15,18H,3-14,16H2,1-2H3. The molecule has 1 amide bonds. The lowest BCUT2D eigenvalue weighted by molar-refractivity contribution is -0.137. The van der Waals surface area contributed by atoms with E-state index in [0.29, 0.717) is 12.5 Å². The van der Waals surface area contributed by atoms with Crippen molar-refractivity contribution < 1.29 is 4.79 Å². The van der Waals surface area contributed by atoms with Crippen LogP contribution in [0.1, 0.15) is 62.8 Å². The average Bonchev–Trinajstić information content (AvgIpc) is 3.11. The Kier molecular flexibility index (Phi) is 6.51. The summed E-state index contributed by atoms with van der Waals surface area (Å²) in [6, 6.07) is 2.11. The van der Waals surface area contributed by atoms with E-state index in [1.165, 1.54) is 51.6 Å². The molecule has 5 nitrogen and oxygen atoms in total. The van der Waals surface area contributed by atoms with Gasteiger partial charge in [-0.25, -0.2) is 0 Å². The van der Waals surface area contributed by atoms with Crippen LogP contribution in [0.2, 0.25) is 0 Å². The minimum absolute atomic E-state index is 0.232. The highest BCUT2D eigenvalue weighted by atomic mass is 16.2. The van der Waals surface area contributed by atoms with Gasteiger partial charge in [0.25, 0.3) is 0 Å². The summed E-state index contributed by atoms with van der Waals surface area (Å²) in [6.07, 6.45) is 9.75. The Balaban J connectivity index is 1.67. The number of nitrogens with zero attached hydrogens (tertiary/aromatic N) is 4. The number of carbonyl (C=O) groups is 1. The summed E-state index contributed by atoms with van der Waals surface area (Å²) in [5.41, 5.74) is 2.17. The van der Waals surface area contributed by atoms with Crippen LogP contribution in [0.5, 0.6) is 0 Å². The second kappa shape index (κ2) is 8.84. The summed E-state index contributed by atoms with van der Waals surface area (Å²) < 4.78 is 1.93. The number of hydrogen-bond acceptors (Lipinski definition) is 3. The van der Waals surface area contributed by atoms with Gasteiger partial charge in [-0.3, -0.25) is 9.48 Å². The second-order valence-corrected chi connectivity index (χ2v) is 7.90. The maximum Gasteiger partial charge on any atom is 0.226 e. The normalized spacial score (nSPS) is 19.9. The molecule has 5 heteroatoms. The maximum atomic E-state index is 13.3. The van der Waals surface area contributed by atoms with E-state index in [-0.39, 0.29) is 5.92 Å². The number of aromatic nitrogens is 2. The fourth-order valence-electron chi connectivity index (χ4n) is 4.33. The van der Waals surface area contributed by atoms with E-state index in [1.54, 1.807) is 0 Å². The third-order valence-electron chi connectivity index (χ3n) is 5.85. The molecule has 0 unspecified atom stereocenters. The Labute approximate surface area is 152 Å². The Bertz CT molecular complexity index is 554. The topological polar surface area (TPSA) is 41.4 Å². The molecule has 1 aromatic heterocycles. The largest absolute Gasteiger partial charge is 0.335 e. The van der Waals surface area contributed by atoms with Crippen LogP contribution in [0.3, 0.4) is 0 Å². The molecule has 1 aliphatic carbocycles. The summed E-state index contributed by atoms with van der Waals surface area (Å²) in [4.78, 5) is 17.9. The molecular formula is C20H34N4O. The van der Waals surface area contributed by atoms with Crippen LogP contribution in [-0.2, 0) is 18.4 Å². The van der Waals surface area contributed by atoms with Gasteiger partial charge in [-0.1, -0.05) is 25.7 Å². The average molecular weight is 347 g/mol. The molecule has 0 aromatic carbocycles. The molecule has 1 aromatic rings. The van der Waals surface area contributed by atoms with Crippen molar-refractivity contribution in [1.29, 1.82) is 0 Å². The van der Waals surface area contributed by atoms with E-state index in [4.69, 9.17) is 0 Å². The first kappa shape index (κ1) is 18.4. The van der Waals surface area contributed by atoms with Gasteiger partial charge in [0.1, 0.15) is 0 Å². The van der Waals surface area contributed by atoms with Crippen molar-refractivity contribution in [2.75, 3.05) is 26.2 Å². The van der Waals surface area contributed by atoms with Gasteiger partial charge in [0.2, 0.25) is 5.91 Å². The van der Waals surface area contributed by atoms with Crippen LogP contribution in [0, 0.1) is 12.8 Å².